The summed E-state index contributed by atoms with van der Waals surface area (Å²) in [6.45, 7) is 3.60. The maximum absolute atomic E-state index is 13.2. The highest BCUT2D eigenvalue weighted by molar-refractivity contribution is 8.00. The highest BCUT2D eigenvalue weighted by atomic mass is 35.5. The van der Waals surface area contributed by atoms with E-state index in [0.29, 0.717) is 5.56 Å². The van der Waals surface area contributed by atoms with Gasteiger partial charge in [0, 0.05) is 5.75 Å². The first kappa shape index (κ1) is 19.1. The molecule has 1 unspecified atom stereocenters. The van der Waals surface area contributed by atoms with Gasteiger partial charge in [0.15, 0.2) is 0 Å². The molecule has 10 heteroatoms. The Hall–Kier alpha value is -2.23. The van der Waals surface area contributed by atoms with E-state index in [9.17, 15) is 24.6 Å². The fourth-order valence-electron chi connectivity index (χ4n) is 3.94. The number of hydrogen-bond donors (Lipinski definition) is 3. The van der Waals surface area contributed by atoms with Gasteiger partial charge in [0.2, 0.25) is 5.91 Å². The second-order valence-corrected chi connectivity index (χ2v) is 8.91. The number of benzene rings is 1. The predicted molar refractivity (Wildman–Crippen MR) is 102 cm³/mol. The van der Waals surface area contributed by atoms with Crippen molar-refractivity contribution in [1.82, 2.24) is 15.1 Å². The summed E-state index contributed by atoms with van der Waals surface area (Å²) in [7, 11) is 0. The van der Waals surface area contributed by atoms with E-state index in [1.807, 2.05) is 0 Å². The molecule has 0 radical (unpaired) electrons. The maximum atomic E-state index is 13.2. The molecule has 2 amide bonds. The highest BCUT2D eigenvalue weighted by Crippen LogP contribution is 2.46. The SMILES string of the molecule is CC1(C)NC(c2ccc(O)cc2)C(=O)N1[C@@H]1C(=O)N2C(C(=O)O)=C(Cl)CS[C@@H]12. The lowest BCUT2D eigenvalue weighted by Crippen LogP contribution is -2.73. The largest absolute Gasteiger partial charge is 0.508 e. The lowest BCUT2D eigenvalue weighted by Gasteiger charge is -2.54. The average Bonchev–Trinajstić information content (AvgIpc) is 2.86. The number of aromatic hydroxyl groups is 1. The van der Waals surface area contributed by atoms with Crippen LogP contribution in [-0.2, 0) is 14.4 Å². The number of aliphatic carboxylic acids is 1. The Morgan fingerprint density at radius 2 is 1.89 bits per heavy atom. The molecule has 0 spiro atoms. The number of halogens is 1. The number of carboxylic acid groups (broad SMARTS) is 1. The van der Waals surface area contributed by atoms with E-state index in [1.54, 1.807) is 26.0 Å². The number of nitrogens with zero attached hydrogens (tertiary/aromatic N) is 2. The van der Waals surface area contributed by atoms with Crippen LogP contribution in [0.3, 0.4) is 0 Å². The molecular weight excluding hydrogens is 406 g/mol. The van der Waals surface area contributed by atoms with E-state index >= 15 is 0 Å². The zero-order valence-corrected chi connectivity index (χ0v) is 16.6. The van der Waals surface area contributed by atoms with Gasteiger partial charge in [-0.3, -0.25) is 19.8 Å². The van der Waals surface area contributed by atoms with E-state index in [4.69, 9.17) is 11.6 Å². The Morgan fingerprint density at radius 3 is 2.50 bits per heavy atom. The standard InChI is InChI=1S/C18H18ClN3O5S/c1-18(2)20-11(8-3-5-9(23)6-4-8)14(24)22(18)13-15(25)21-12(17(26)27)10(19)7-28-16(13)21/h3-6,11,13,16,20,23H,7H2,1-2H3,(H,26,27)/t11?,13-,16+/m1/s1. The van der Waals surface area contributed by atoms with E-state index in [2.05, 4.69) is 5.32 Å². The number of carboxylic acids is 1. The van der Waals surface area contributed by atoms with Crippen LogP contribution in [0.2, 0.25) is 0 Å². The van der Waals surface area contributed by atoms with Crippen LogP contribution in [-0.4, -0.2) is 60.6 Å². The molecule has 3 aliphatic heterocycles. The van der Waals surface area contributed by atoms with Crippen molar-refractivity contribution in [1.29, 1.82) is 0 Å². The monoisotopic (exact) mass is 423 g/mol. The number of carbonyl (C=O) groups is 3. The van der Waals surface area contributed by atoms with Crippen molar-refractivity contribution in [3.63, 3.8) is 0 Å². The van der Waals surface area contributed by atoms with Crippen molar-refractivity contribution in [3.05, 3.63) is 40.6 Å². The second-order valence-electron chi connectivity index (χ2n) is 7.35. The zero-order valence-electron chi connectivity index (χ0n) is 15.0. The number of fused-ring (bicyclic) bond motifs is 1. The van der Waals surface area contributed by atoms with E-state index in [0.717, 1.165) is 0 Å². The topological polar surface area (TPSA) is 110 Å². The third-order valence-corrected chi connectivity index (χ3v) is 6.92. The van der Waals surface area contributed by atoms with Crippen LogP contribution in [0.1, 0.15) is 25.5 Å². The van der Waals surface area contributed by atoms with Crippen LogP contribution >= 0.6 is 23.4 Å². The van der Waals surface area contributed by atoms with Gasteiger partial charge < -0.3 is 15.1 Å². The fourth-order valence-corrected chi connectivity index (χ4v) is 5.54. The molecule has 1 aromatic rings. The zero-order chi connectivity index (χ0) is 20.4. The average molecular weight is 424 g/mol. The summed E-state index contributed by atoms with van der Waals surface area (Å²) in [5, 5.41) is 21.7. The van der Waals surface area contributed by atoms with Gasteiger partial charge in [-0.2, -0.15) is 0 Å². The number of thioether (sulfide) groups is 1. The lowest BCUT2D eigenvalue weighted by atomic mass is 10.00. The van der Waals surface area contributed by atoms with Crippen molar-refractivity contribution >= 4 is 41.1 Å². The van der Waals surface area contributed by atoms with Crippen LogP contribution < -0.4 is 5.32 Å². The number of phenols is 1. The molecular formula is C18H18ClN3O5S. The van der Waals surface area contributed by atoms with Crippen LogP contribution in [0.5, 0.6) is 5.75 Å². The van der Waals surface area contributed by atoms with Crippen molar-refractivity contribution < 1.29 is 24.6 Å². The molecule has 148 valence electrons. The first-order valence-corrected chi connectivity index (χ1v) is 10.0. The maximum Gasteiger partial charge on any atom is 0.353 e. The van der Waals surface area contributed by atoms with Crippen LogP contribution in [0.15, 0.2) is 35.0 Å². The van der Waals surface area contributed by atoms with E-state index < -0.39 is 35.0 Å². The van der Waals surface area contributed by atoms with Gasteiger partial charge in [-0.05, 0) is 31.5 Å². The quantitative estimate of drug-likeness (QED) is 0.630. The summed E-state index contributed by atoms with van der Waals surface area (Å²) in [5.74, 6) is -1.62. The van der Waals surface area contributed by atoms with Gasteiger partial charge in [0.05, 0.1) is 10.7 Å². The minimum Gasteiger partial charge on any atom is -0.508 e. The summed E-state index contributed by atoms with van der Waals surface area (Å²) in [4.78, 5) is 40.3. The molecule has 0 saturated carbocycles. The lowest BCUT2D eigenvalue weighted by molar-refractivity contribution is -0.162. The van der Waals surface area contributed by atoms with Crippen LogP contribution in [0, 0.1) is 0 Å². The van der Waals surface area contributed by atoms with Gasteiger partial charge in [-0.15, -0.1) is 11.8 Å². The summed E-state index contributed by atoms with van der Waals surface area (Å²) in [6, 6.07) is 4.86. The molecule has 0 aliphatic carbocycles. The fraction of sp³-hybridized carbons (Fsp3) is 0.389. The highest BCUT2D eigenvalue weighted by Gasteiger charge is 2.62. The first-order chi connectivity index (χ1) is 13.1. The molecule has 3 heterocycles. The van der Waals surface area contributed by atoms with Crippen molar-refractivity contribution in [2.75, 3.05) is 5.75 Å². The Labute approximate surface area is 170 Å². The number of β-lactam (4-membered cyclic amide) rings is 1. The number of amides is 2. The molecule has 4 rings (SSSR count). The van der Waals surface area contributed by atoms with E-state index in [1.165, 1.54) is 33.7 Å². The summed E-state index contributed by atoms with van der Waals surface area (Å²) in [6.07, 6.45) is 0. The third kappa shape index (κ3) is 2.68. The minimum atomic E-state index is -1.26. The molecule has 28 heavy (non-hydrogen) atoms. The molecule has 1 aromatic carbocycles. The normalized spacial score (nSPS) is 29.0. The smallest absolute Gasteiger partial charge is 0.353 e. The van der Waals surface area contributed by atoms with Crippen LogP contribution in [0.25, 0.3) is 0 Å². The van der Waals surface area contributed by atoms with Crippen LogP contribution in [0.4, 0.5) is 0 Å². The first-order valence-electron chi connectivity index (χ1n) is 8.60. The summed E-state index contributed by atoms with van der Waals surface area (Å²) >= 11 is 7.36. The predicted octanol–water partition coefficient (Wildman–Crippen LogP) is 1.42. The minimum absolute atomic E-state index is 0.0959. The molecule has 3 N–H and O–H groups in total. The molecule has 8 nitrogen and oxygen atoms in total. The van der Waals surface area contributed by atoms with Gasteiger partial charge in [-0.25, -0.2) is 4.79 Å². The van der Waals surface area contributed by atoms with Crippen molar-refractivity contribution in [2.45, 2.75) is 37.0 Å². The molecule has 0 aromatic heterocycles. The number of hydrogen-bond acceptors (Lipinski definition) is 6. The number of rotatable bonds is 3. The number of phenolic OH excluding ortho intramolecular Hbond substituents is 1. The second kappa shape index (κ2) is 6.40. The van der Waals surface area contributed by atoms with Gasteiger partial charge in [0.1, 0.15) is 28.9 Å². The third-order valence-electron chi connectivity index (χ3n) is 5.19. The van der Waals surface area contributed by atoms with Gasteiger partial charge >= 0.3 is 5.97 Å². The number of nitrogens with one attached hydrogen (secondary N) is 1. The molecule has 0 bridgehead atoms. The summed E-state index contributed by atoms with van der Waals surface area (Å²) in [5.41, 5.74) is -0.354. The summed E-state index contributed by atoms with van der Waals surface area (Å²) < 4.78 is 0. The Morgan fingerprint density at radius 1 is 1.25 bits per heavy atom. The Balaban J connectivity index is 1.65. The Bertz CT molecular complexity index is 916. The molecule has 2 saturated heterocycles. The van der Waals surface area contributed by atoms with Gasteiger partial charge in [0.25, 0.3) is 5.91 Å². The molecule has 3 aliphatic rings. The van der Waals surface area contributed by atoms with E-state index in [-0.39, 0.29) is 28.1 Å². The number of carbonyl (C=O) groups excluding carboxylic acids is 2. The van der Waals surface area contributed by atoms with Crippen molar-refractivity contribution in [3.8, 4) is 5.75 Å². The van der Waals surface area contributed by atoms with Crippen molar-refractivity contribution in [2.24, 2.45) is 0 Å². The molecule has 3 atom stereocenters. The Kier molecular flexibility index (Phi) is 4.36. The van der Waals surface area contributed by atoms with Gasteiger partial charge in [-0.1, -0.05) is 23.7 Å². The molecule has 2 fully saturated rings.